The maximum atomic E-state index is 10.9. The first-order valence-electron chi connectivity index (χ1n) is 6.24. The number of benzene rings is 2. The molecule has 0 atom stereocenters. The van der Waals surface area contributed by atoms with E-state index >= 15 is 0 Å². The van der Waals surface area contributed by atoms with E-state index in [-0.39, 0.29) is 5.56 Å². The minimum absolute atomic E-state index is 0.194. The van der Waals surface area contributed by atoms with E-state index in [4.69, 9.17) is 10.4 Å². The fourth-order valence-corrected chi connectivity index (χ4v) is 1.75. The maximum absolute atomic E-state index is 10.9. The second kappa shape index (κ2) is 6.35. The number of anilines is 1. The van der Waals surface area contributed by atoms with Crippen molar-refractivity contribution in [2.24, 2.45) is 5.10 Å². The molecule has 0 aliphatic heterocycles. The average Bonchev–Trinajstić information content (AvgIpc) is 2.53. The van der Waals surface area contributed by atoms with Gasteiger partial charge in [0.1, 0.15) is 0 Å². The summed E-state index contributed by atoms with van der Waals surface area (Å²) in [4.78, 5) is 10.9. The summed E-state index contributed by atoms with van der Waals surface area (Å²) in [5.74, 6) is -0.985. The molecule has 2 aromatic rings. The Labute approximate surface area is 122 Å². The first kappa shape index (κ1) is 14.3. The first-order chi connectivity index (χ1) is 10.1. The highest BCUT2D eigenvalue weighted by Gasteiger charge is 2.03. The fraction of sp³-hybridized carbons (Fsp3) is 0.0625. The van der Waals surface area contributed by atoms with Crippen molar-refractivity contribution in [3.63, 3.8) is 0 Å². The van der Waals surface area contributed by atoms with Gasteiger partial charge in [-0.2, -0.15) is 10.4 Å². The minimum Gasteiger partial charge on any atom is -0.478 e. The number of nitrogens with one attached hydrogen (secondary N) is 1. The van der Waals surface area contributed by atoms with Crippen molar-refractivity contribution < 1.29 is 9.90 Å². The van der Waals surface area contributed by atoms with Crippen molar-refractivity contribution in [2.75, 3.05) is 5.43 Å². The van der Waals surface area contributed by atoms with Crippen LogP contribution in [0.1, 0.15) is 28.4 Å². The lowest BCUT2D eigenvalue weighted by Gasteiger charge is -2.05. The van der Waals surface area contributed by atoms with Gasteiger partial charge < -0.3 is 5.11 Å². The third kappa shape index (κ3) is 3.67. The van der Waals surface area contributed by atoms with Crippen LogP contribution in [-0.4, -0.2) is 16.8 Å². The van der Waals surface area contributed by atoms with Gasteiger partial charge in [0.15, 0.2) is 0 Å². The normalized spacial score (nSPS) is 10.8. The Balaban J connectivity index is 2.18. The Kier molecular flexibility index (Phi) is 4.32. The lowest BCUT2D eigenvalue weighted by atomic mass is 10.1. The lowest BCUT2D eigenvalue weighted by Crippen LogP contribution is -2.01. The molecule has 2 rings (SSSR count). The van der Waals surface area contributed by atoms with Crippen molar-refractivity contribution in [2.45, 2.75) is 6.92 Å². The third-order valence-electron chi connectivity index (χ3n) is 2.87. The standard InChI is InChI=1S/C16H13N3O2/c1-11(13-5-2-4-12(8-13)10-17)18-19-15-7-3-6-14(9-15)16(20)21/h2-9,19H,1H3,(H,20,21)/b18-11-. The third-order valence-corrected chi connectivity index (χ3v) is 2.87. The number of rotatable bonds is 4. The summed E-state index contributed by atoms with van der Waals surface area (Å²) < 4.78 is 0. The summed E-state index contributed by atoms with van der Waals surface area (Å²) in [6.07, 6.45) is 0. The van der Waals surface area contributed by atoms with Gasteiger partial charge in [0.2, 0.25) is 0 Å². The van der Waals surface area contributed by atoms with Crippen LogP contribution >= 0.6 is 0 Å². The molecular formula is C16H13N3O2. The highest BCUT2D eigenvalue weighted by Crippen LogP contribution is 2.12. The van der Waals surface area contributed by atoms with Gasteiger partial charge in [0.05, 0.1) is 28.6 Å². The van der Waals surface area contributed by atoms with Crippen LogP contribution in [0.15, 0.2) is 53.6 Å². The molecule has 0 saturated carbocycles. The van der Waals surface area contributed by atoms with Gasteiger partial charge in [0, 0.05) is 0 Å². The summed E-state index contributed by atoms with van der Waals surface area (Å²) >= 11 is 0. The molecule has 104 valence electrons. The zero-order chi connectivity index (χ0) is 15.2. The molecule has 0 aliphatic rings. The number of carboxylic acid groups (broad SMARTS) is 1. The molecule has 0 bridgehead atoms. The first-order valence-corrected chi connectivity index (χ1v) is 6.24. The quantitative estimate of drug-likeness (QED) is 0.665. The van der Waals surface area contributed by atoms with Gasteiger partial charge >= 0.3 is 5.97 Å². The van der Waals surface area contributed by atoms with Crippen LogP contribution in [-0.2, 0) is 0 Å². The Morgan fingerprint density at radius 3 is 2.62 bits per heavy atom. The molecule has 2 aromatic carbocycles. The Bertz CT molecular complexity index is 745. The highest BCUT2D eigenvalue weighted by molar-refractivity contribution is 5.99. The van der Waals surface area contributed by atoms with E-state index < -0.39 is 5.97 Å². The van der Waals surface area contributed by atoms with Crippen LogP contribution in [0.4, 0.5) is 5.69 Å². The second-order valence-corrected chi connectivity index (χ2v) is 4.39. The van der Waals surface area contributed by atoms with Gasteiger partial charge in [-0.15, -0.1) is 0 Å². The summed E-state index contributed by atoms with van der Waals surface area (Å²) in [6.45, 7) is 1.81. The van der Waals surface area contributed by atoms with E-state index in [1.54, 1.807) is 30.3 Å². The van der Waals surface area contributed by atoms with Crippen LogP contribution in [0, 0.1) is 11.3 Å². The van der Waals surface area contributed by atoms with Crippen LogP contribution in [0.25, 0.3) is 0 Å². The van der Waals surface area contributed by atoms with Crippen molar-refractivity contribution in [1.29, 1.82) is 5.26 Å². The molecule has 0 radical (unpaired) electrons. The summed E-state index contributed by atoms with van der Waals surface area (Å²) in [6, 6.07) is 15.6. The molecule has 5 nitrogen and oxygen atoms in total. The number of hydrogen-bond donors (Lipinski definition) is 2. The largest absolute Gasteiger partial charge is 0.478 e. The molecule has 5 heteroatoms. The molecule has 0 amide bonds. The maximum Gasteiger partial charge on any atom is 0.335 e. The smallest absolute Gasteiger partial charge is 0.335 e. The number of nitrogens with zero attached hydrogens (tertiary/aromatic N) is 2. The second-order valence-electron chi connectivity index (χ2n) is 4.39. The predicted octanol–water partition coefficient (Wildman–Crippen LogP) is 3.09. The zero-order valence-corrected chi connectivity index (χ0v) is 11.4. The van der Waals surface area contributed by atoms with Crippen LogP contribution in [0.2, 0.25) is 0 Å². The molecule has 0 spiro atoms. The van der Waals surface area contributed by atoms with Crippen LogP contribution < -0.4 is 5.43 Å². The van der Waals surface area contributed by atoms with E-state index in [0.29, 0.717) is 17.0 Å². The lowest BCUT2D eigenvalue weighted by molar-refractivity contribution is 0.0697. The SMILES string of the molecule is C/C(=N/Nc1cccc(C(=O)O)c1)c1cccc(C#N)c1. The monoisotopic (exact) mass is 279 g/mol. The Morgan fingerprint density at radius 1 is 1.19 bits per heavy atom. The zero-order valence-electron chi connectivity index (χ0n) is 11.4. The van der Waals surface area contributed by atoms with Gasteiger partial charge in [-0.05, 0) is 42.8 Å². The number of hydrazone groups is 1. The van der Waals surface area contributed by atoms with E-state index in [0.717, 1.165) is 5.56 Å². The molecule has 21 heavy (non-hydrogen) atoms. The van der Waals surface area contributed by atoms with E-state index in [1.165, 1.54) is 12.1 Å². The van der Waals surface area contributed by atoms with Crippen molar-refractivity contribution in [3.8, 4) is 6.07 Å². The van der Waals surface area contributed by atoms with Crippen molar-refractivity contribution in [3.05, 3.63) is 65.2 Å². The van der Waals surface area contributed by atoms with Gasteiger partial charge in [-0.1, -0.05) is 18.2 Å². The average molecular weight is 279 g/mol. The predicted molar refractivity (Wildman–Crippen MR) is 80.4 cm³/mol. The van der Waals surface area contributed by atoms with E-state index in [9.17, 15) is 4.79 Å². The van der Waals surface area contributed by atoms with E-state index in [2.05, 4.69) is 16.6 Å². The van der Waals surface area contributed by atoms with Gasteiger partial charge in [-0.3, -0.25) is 5.43 Å². The van der Waals surface area contributed by atoms with Crippen molar-refractivity contribution >= 4 is 17.4 Å². The molecule has 0 heterocycles. The van der Waals surface area contributed by atoms with Crippen LogP contribution in [0.5, 0.6) is 0 Å². The summed E-state index contributed by atoms with van der Waals surface area (Å²) in [5.41, 5.74) is 5.70. The Morgan fingerprint density at radius 2 is 1.90 bits per heavy atom. The van der Waals surface area contributed by atoms with Crippen molar-refractivity contribution in [1.82, 2.24) is 0 Å². The summed E-state index contributed by atoms with van der Waals surface area (Å²) in [5, 5.41) is 22.0. The molecular weight excluding hydrogens is 266 g/mol. The molecule has 0 unspecified atom stereocenters. The van der Waals surface area contributed by atoms with Crippen LogP contribution in [0.3, 0.4) is 0 Å². The van der Waals surface area contributed by atoms with Gasteiger partial charge in [-0.25, -0.2) is 4.79 Å². The van der Waals surface area contributed by atoms with Gasteiger partial charge in [0.25, 0.3) is 0 Å². The molecule has 0 fully saturated rings. The fourth-order valence-electron chi connectivity index (χ4n) is 1.75. The topological polar surface area (TPSA) is 85.5 Å². The molecule has 2 N–H and O–H groups in total. The van der Waals surface area contributed by atoms with E-state index in [1.807, 2.05) is 13.0 Å². The molecule has 0 aromatic heterocycles. The number of carbonyl (C=O) groups is 1. The Hall–Kier alpha value is -3.13. The number of nitriles is 1. The molecule has 0 saturated heterocycles. The number of hydrogen-bond acceptors (Lipinski definition) is 4. The highest BCUT2D eigenvalue weighted by atomic mass is 16.4. The molecule has 0 aliphatic carbocycles. The number of carboxylic acids is 1. The summed E-state index contributed by atoms with van der Waals surface area (Å²) in [7, 11) is 0. The minimum atomic E-state index is -0.985. The number of aromatic carboxylic acids is 1.